The van der Waals surface area contributed by atoms with Crippen molar-refractivity contribution in [3.05, 3.63) is 92.3 Å². The Balaban J connectivity index is 1.33. The molecule has 1 amide bonds. The summed E-state index contributed by atoms with van der Waals surface area (Å²) in [6.07, 6.45) is 0.538. The fourth-order valence-electron chi connectivity index (χ4n) is 5.36. The lowest BCUT2D eigenvalue weighted by Crippen LogP contribution is -2.22. The highest BCUT2D eigenvalue weighted by Gasteiger charge is 2.43. The molecule has 10 heteroatoms. The number of hydrogen-bond donors (Lipinski definition) is 2. The number of ether oxygens (including phenoxy) is 3. The van der Waals surface area contributed by atoms with Gasteiger partial charge >= 0.3 is 0 Å². The third-order valence-corrected chi connectivity index (χ3v) is 8.17. The molecular weight excluding hydrogens is 600 g/mol. The van der Waals surface area contributed by atoms with Crippen LogP contribution in [0, 0.1) is 6.92 Å². The summed E-state index contributed by atoms with van der Waals surface area (Å²) in [7, 11) is 2.93. The van der Waals surface area contributed by atoms with E-state index < -0.39 is 5.91 Å². The molecule has 9 nitrogen and oxygen atoms in total. The number of fused-ring (bicyclic) bond motifs is 1. The summed E-state index contributed by atoms with van der Waals surface area (Å²) in [5, 5.41) is 5.96. The monoisotopic (exact) mass is 634 g/mol. The minimum Gasteiger partial charge on any atom is -0.479 e. The molecule has 42 heavy (non-hydrogen) atoms. The van der Waals surface area contributed by atoms with Crippen molar-refractivity contribution >= 4 is 33.5 Å². The molecule has 2 aromatic carbocycles. The number of methoxy groups -OCH3 is 2. The number of nitrogens with zero attached hydrogens (tertiary/aromatic N) is 2. The van der Waals surface area contributed by atoms with Crippen LogP contribution in [0.1, 0.15) is 71.8 Å². The number of benzene rings is 2. The van der Waals surface area contributed by atoms with Gasteiger partial charge in [0.15, 0.2) is 11.4 Å². The molecule has 1 aliphatic rings. The summed E-state index contributed by atoms with van der Waals surface area (Å²) < 4.78 is 24.2. The molecule has 0 spiro atoms. The number of carbonyl (C=O) groups excluding carboxylic acids is 1. The lowest BCUT2D eigenvalue weighted by molar-refractivity contribution is -0.105. The Labute approximate surface area is 254 Å². The van der Waals surface area contributed by atoms with E-state index in [0.29, 0.717) is 24.7 Å². The van der Waals surface area contributed by atoms with Gasteiger partial charge in [0.25, 0.3) is 5.91 Å². The first-order valence-electron chi connectivity index (χ1n) is 13.6. The van der Waals surface area contributed by atoms with Crippen LogP contribution in [0.3, 0.4) is 0 Å². The molecule has 2 aromatic heterocycles. The van der Waals surface area contributed by atoms with Crippen LogP contribution in [-0.4, -0.2) is 30.1 Å². The van der Waals surface area contributed by atoms with Crippen LogP contribution in [0.5, 0.6) is 11.8 Å². The fraction of sp³-hybridized carbons (Fsp3) is 0.344. The molecule has 1 aliphatic heterocycles. The Hall–Kier alpha value is -3.89. The largest absolute Gasteiger partial charge is 0.479 e. The molecule has 0 bridgehead atoms. The quantitative estimate of drug-likeness (QED) is 0.200. The molecule has 0 fully saturated rings. The molecular formula is C32H35BrN4O5. The predicted octanol–water partition coefficient (Wildman–Crippen LogP) is 7.11. The molecule has 0 saturated heterocycles. The molecule has 0 saturated carbocycles. The van der Waals surface area contributed by atoms with Gasteiger partial charge < -0.3 is 29.3 Å². The van der Waals surface area contributed by atoms with E-state index in [1.54, 1.807) is 6.07 Å². The second-order valence-electron chi connectivity index (χ2n) is 11.2. The van der Waals surface area contributed by atoms with E-state index in [1.165, 1.54) is 25.3 Å². The molecule has 0 aliphatic carbocycles. The van der Waals surface area contributed by atoms with Gasteiger partial charge in [-0.2, -0.15) is 9.97 Å². The van der Waals surface area contributed by atoms with Gasteiger partial charge in [-0.25, -0.2) is 0 Å². The molecule has 5 rings (SSSR count). The number of rotatable bonds is 9. The van der Waals surface area contributed by atoms with E-state index in [9.17, 15) is 4.79 Å². The van der Waals surface area contributed by atoms with Gasteiger partial charge in [-0.1, -0.05) is 46.3 Å². The van der Waals surface area contributed by atoms with Crippen LogP contribution < -0.4 is 20.1 Å². The van der Waals surface area contributed by atoms with E-state index in [0.717, 1.165) is 21.2 Å². The highest BCUT2D eigenvalue weighted by Crippen LogP contribution is 2.47. The standard InChI is InChI=1S/C32H35BrN4O5/c1-18-14-22-23(32(4,5)42-31(22,2)3)16-20(18)15-21-12-13-25(41-21)27(38)35-26-28(39-6)36-30(37-29(26)40-7)34-17-19-10-8-9-11-24(19)33/h8-14,16H,15,17H2,1-7H3,(H,35,38)(H,34,36,37). The topological polar surface area (TPSA) is 108 Å². The normalized spacial score (nSPS) is 14.8. The van der Waals surface area contributed by atoms with Gasteiger partial charge in [-0.05, 0) is 80.6 Å². The van der Waals surface area contributed by atoms with Crippen LogP contribution >= 0.6 is 15.9 Å². The van der Waals surface area contributed by atoms with Gasteiger partial charge in [0.05, 0.1) is 25.4 Å². The third kappa shape index (κ3) is 5.87. The van der Waals surface area contributed by atoms with Crippen molar-refractivity contribution in [3.8, 4) is 11.8 Å². The second-order valence-corrected chi connectivity index (χ2v) is 12.1. The zero-order chi connectivity index (χ0) is 30.2. The van der Waals surface area contributed by atoms with Crippen molar-refractivity contribution in [2.75, 3.05) is 24.9 Å². The molecule has 3 heterocycles. The first-order chi connectivity index (χ1) is 19.9. The first-order valence-corrected chi connectivity index (χ1v) is 14.4. The summed E-state index contributed by atoms with van der Waals surface area (Å²) in [6.45, 7) is 10.9. The van der Waals surface area contributed by atoms with E-state index in [-0.39, 0.29) is 34.4 Å². The number of halogens is 1. The Morgan fingerprint density at radius 1 is 0.929 bits per heavy atom. The van der Waals surface area contributed by atoms with Crippen LogP contribution in [0.15, 0.2) is 57.4 Å². The number of aryl methyl sites for hydroxylation is 1. The lowest BCUT2D eigenvalue weighted by atomic mass is 9.86. The highest BCUT2D eigenvalue weighted by molar-refractivity contribution is 9.10. The molecule has 4 aromatic rings. The summed E-state index contributed by atoms with van der Waals surface area (Å²) in [6, 6.07) is 15.7. The molecule has 220 valence electrons. The summed E-state index contributed by atoms with van der Waals surface area (Å²) >= 11 is 3.54. The van der Waals surface area contributed by atoms with Gasteiger partial charge in [-0.15, -0.1) is 0 Å². The van der Waals surface area contributed by atoms with Gasteiger partial charge in [-0.3, -0.25) is 4.79 Å². The van der Waals surface area contributed by atoms with Crippen molar-refractivity contribution in [2.24, 2.45) is 0 Å². The Morgan fingerprint density at radius 3 is 2.21 bits per heavy atom. The number of furan rings is 1. The third-order valence-electron chi connectivity index (χ3n) is 7.40. The number of nitrogens with one attached hydrogen (secondary N) is 2. The molecule has 0 radical (unpaired) electrons. The van der Waals surface area contributed by atoms with Crippen molar-refractivity contribution in [1.29, 1.82) is 0 Å². The average molecular weight is 636 g/mol. The Kier molecular flexibility index (Phi) is 8.04. The number of carbonyl (C=O) groups is 1. The van der Waals surface area contributed by atoms with Gasteiger partial charge in [0.1, 0.15) is 5.76 Å². The van der Waals surface area contributed by atoms with Crippen molar-refractivity contribution in [3.63, 3.8) is 0 Å². The number of hydrogen-bond acceptors (Lipinski definition) is 8. The van der Waals surface area contributed by atoms with Crippen LogP contribution in [0.4, 0.5) is 11.6 Å². The van der Waals surface area contributed by atoms with Crippen LogP contribution in [-0.2, 0) is 28.9 Å². The van der Waals surface area contributed by atoms with E-state index in [4.69, 9.17) is 18.6 Å². The molecule has 0 unspecified atom stereocenters. The van der Waals surface area contributed by atoms with E-state index in [1.807, 2.05) is 30.3 Å². The fourth-order valence-corrected chi connectivity index (χ4v) is 5.79. The van der Waals surface area contributed by atoms with Gasteiger partial charge in [0, 0.05) is 17.4 Å². The summed E-state index contributed by atoms with van der Waals surface area (Å²) in [4.78, 5) is 22.1. The number of amides is 1. The molecule has 2 N–H and O–H groups in total. The minimum absolute atomic E-state index is 0.147. The minimum atomic E-state index is -0.475. The maximum atomic E-state index is 13.2. The SMILES string of the molecule is COc1nc(NCc2ccccc2Br)nc(OC)c1NC(=O)c1ccc(Cc2cc3c(cc2C)C(C)(C)OC3(C)C)o1. The van der Waals surface area contributed by atoms with Crippen molar-refractivity contribution in [2.45, 2.75) is 58.8 Å². The van der Waals surface area contributed by atoms with Crippen molar-refractivity contribution < 1.29 is 23.4 Å². The zero-order valence-electron chi connectivity index (χ0n) is 24.8. The first kappa shape index (κ1) is 29.6. The molecule has 0 atom stereocenters. The Bertz CT molecular complexity index is 1620. The summed E-state index contributed by atoms with van der Waals surface area (Å²) in [5.41, 5.74) is 5.13. The Morgan fingerprint density at radius 2 is 1.57 bits per heavy atom. The maximum Gasteiger partial charge on any atom is 0.291 e. The van der Waals surface area contributed by atoms with Crippen molar-refractivity contribution in [1.82, 2.24) is 9.97 Å². The zero-order valence-corrected chi connectivity index (χ0v) is 26.4. The highest BCUT2D eigenvalue weighted by atomic mass is 79.9. The van der Waals surface area contributed by atoms with E-state index in [2.05, 4.69) is 83.3 Å². The summed E-state index contributed by atoms with van der Waals surface area (Å²) in [5.74, 6) is 0.933. The lowest BCUT2D eigenvalue weighted by Gasteiger charge is -2.24. The second kappa shape index (κ2) is 11.4. The average Bonchev–Trinajstić information content (AvgIpc) is 3.48. The number of aromatic nitrogens is 2. The predicted molar refractivity (Wildman–Crippen MR) is 164 cm³/mol. The van der Waals surface area contributed by atoms with E-state index >= 15 is 0 Å². The van der Waals surface area contributed by atoms with Crippen LogP contribution in [0.2, 0.25) is 0 Å². The smallest absolute Gasteiger partial charge is 0.291 e. The number of anilines is 2. The van der Waals surface area contributed by atoms with Gasteiger partial charge in [0.2, 0.25) is 17.7 Å². The maximum absolute atomic E-state index is 13.2. The van der Waals surface area contributed by atoms with Crippen LogP contribution in [0.25, 0.3) is 0 Å².